The Labute approximate surface area is 202 Å². The number of H-pyrrole nitrogens is 1. The normalized spacial score (nSPS) is 15.4. The monoisotopic (exact) mass is 494 g/mol. The molecule has 3 aromatic carbocycles. The number of piperidine rings is 1. The third kappa shape index (κ3) is 4.44. The molecule has 5 rings (SSSR count). The van der Waals surface area contributed by atoms with E-state index in [-0.39, 0.29) is 16.7 Å². The van der Waals surface area contributed by atoms with Crippen molar-refractivity contribution >= 4 is 44.3 Å². The van der Waals surface area contributed by atoms with E-state index in [4.69, 9.17) is 11.6 Å². The highest BCUT2D eigenvalue weighted by molar-refractivity contribution is 7.89. The molecule has 0 atom stereocenters. The fraction of sp³-hybridized carbons (Fsp3) is 0.200. The van der Waals surface area contributed by atoms with E-state index in [2.05, 4.69) is 15.3 Å². The van der Waals surface area contributed by atoms with Crippen LogP contribution in [0.5, 0.6) is 0 Å². The van der Waals surface area contributed by atoms with Crippen LogP contribution in [0.15, 0.2) is 77.7 Å². The number of rotatable bonds is 5. The third-order valence-electron chi connectivity index (χ3n) is 6.08. The van der Waals surface area contributed by atoms with Crippen molar-refractivity contribution < 1.29 is 13.2 Å². The molecule has 1 saturated heterocycles. The molecule has 2 N–H and O–H groups in total. The molecule has 1 aliphatic heterocycles. The molecule has 1 fully saturated rings. The van der Waals surface area contributed by atoms with Gasteiger partial charge in [0.25, 0.3) is 0 Å². The number of hydrogen-bond acceptors (Lipinski definition) is 4. The number of carbonyl (C=O) groups is 1. The number of sulfonamides is 1. The lowest BCUT2D eigenvalue weighted by molar-refractivity contribution is -0.120. The summed E-state index contributed by atoms with van der Waals surface area (Å²) in [5.74, 6) is 0.302. The Morgan fingerprint density at radius 3 is 2.44 bits per heavy atom. The van der Waals surface area contributed by atoms with Gasteiger partial charge in [-0.05, 0) is 55.3 Å². The molecule has 4 aromatic rings. The lowest BCUT2D eigenvalue weighted by Crippen LogP contribution is -2.41. The number of hydrogen-bond donors (Lipinski definition) is 2. The second-order valence-corrected chi connectivity index (χ2v) is 10.6. The summed E-state index contributed by atoms with van der Waals surface area (Å²) >= 11 is 6.29. The highest BCUT2D eigenvalue weighted by Gasteiger charge is 2.32. The van der Waals surface area contributed by atoms with Gasteiger partial charge in [0.2, 0.25) is 15.9 Å². The molecule has 9 heteroatoms. The van der Waals surface area contributed by atoms with Gasteiger partial charge in [0.15, 0.2) is 0 Å². The maximum atomic E-state index is 12.9. The Morgan fingerprint density at radius 2 is 1.71 bits per heavy atom. The van der Waals surface area contributed by atoms with Crippen molar-refractivity contribution in [1.29, 1.82) is 0 Å². The fourth-order valence-electron chi connectivity index (χ4n) is 4.21. The van der Waals surface area contributed by atoms with E-state index in [1.54, 1.807) is 30.3 Å². The zero-order valence-corrected chi connectivity index (χ0v) is 19.8. The third-order valence-corrected chi connectivity index (χ3v) is 8.33. The van der Waals surface area contributed by atoms with Gasteiger partial charge >= 0.3 is 0 Å². The fourth-order valence-corrected chi connectivity index (χ4v) is 5.93. The van der Waals surface area contributed by atoms with E-state index < -0.39 is 10.0 Å². The van der Waals surface area contributed by atoms with Crippen molar-refractivity contribution in [2.24, 2.45) is 5.92 Å². The van der Waals surface area contributed by atoms with E-state index in [0.717, 1.165) is 16.6 Å². The number of fused-ring (bicyclic) bond motifs is 1. The number of aromatic amines is 1. The van der Waals surface area contributed by atoms with Gasteiger partial charge in [-0.15, -0.1) is 0 Å². The topological polar surface area (TPSA) is 95.2 Å². The first-order valence-electron chi connectivity index (χ1n) is 11.0. The van der Waals surface area contributed by atoms with Crippen LogP contribution in [0.1, 0.15) is 12.8 Å². The minimum Gasteiger partial charge on any atom is -0.338 e. The molecule has 174 valence electrons. The molecule has 1 aromatic heterocycles. The zero-order valence-electron chi connectivity index (χ0n) is 18.2. The van der Waals surface area contributed by atoms with E-state index in [0.29, 0.717) is 42.5 Å². The molecule has 0 radical (unpaired) electrons. The maximum Gasteiger partial charge on any atom is 0.243 e. The van der Waals surface area contributed by atoms with Gasteiger partial charge in [0.1, 0.15) is 5.82 Å². The average molecular weight is 495 g/mol. The summed E-state index contributed by atoms with van der Waals surface area (Å²) in [4.78, 5) is 21.0. The molecular weight excluding hydrogens is 472 g/mol. The van der Waals surface area contributed by atoms with Gasteiger partial charge in [-0.3, -0.25) is 4.79 Å². The first-order chi connectivity index (χ1) is 16.4. The van der Waals surface area contributed by atoms with Crippen LogP contribution in [-0.2, 0) is 14.8 Å². The van der Waals surface area contributed by atoms with E-state index in [1.807, 2.05) is 42.5 Å². The lowest BCUT2D eigenvalue weighted by Gasteiger charge is -2.30. The second-order valence-electron chi connectivity index (χ2n) is 8.28. The molecule has 1 amide bonds. The smallest absolute Gasteiger partial charge is 0.243 e. The standard InChI is InChI=1S/C25H23ClN4O3S/c26-21-9-5-4-8-20(21)24-28-22-11-10-18(16-23(22)29-24)27-25(31)17-12-14-30(15-13-17)34(32,33)19-6-2-1-3-7-19/h1-11,16-17H,12-15H2,(H,27,31)(H,28,29). The first kappa shape index (κ1) is 22.6. The summed E-state index contributed by atoms with van der Waals surface area (Å²) < 4.78 is 27.1. The molecule has 0 saturated carbocycles. The molecule has 2 heterocycles. The summed E-state index contributed by atoms with van der Waals surface area (Å²) in [5, 5.41) is 3.58. The Morgan fingerprint density at radius 1 is 1.00 bits per heavy atom. The Balaban J connectivity index is 1.25. The molecular formula is C25H23ClN4O3S. The second kappa shape index (κ2) is 9.21. The molecule has 0 aliphatic carbocycles. The Bertz CT molecular complexity index is 1450. The predicted octanol–water partition coefficient (Wildman–Crippen LogP) is 4.92. The molecule has 0 spiro atoms. The van der Waals surface area contributed by atoms with Crippen LogP contribution in [0.2, 0.25) is 5.02 Å². The largest absolute Gasteiger partial charge is 0.338 e. The van der Waals surface area contributed by atoms with Crippen molar-refractivity contribution in [1.82, 2.24) is 14.3 Å². The van der Waals surface area contributed by atoms with Crippen LogP contribution in [0.25, 0.3) is 22.4 Å². The number of imidazole rings is 1. The average Bonchev–Trinajstić information content (AvgIpc) is 3.28. The number of aromatic nitrogens is 2. The number of benzene rings is 3. The number of halogens is 1. The van der Waals surface area contributed by atoms with E-state index in [1.165, 1.54) is 4.31 Å². The van der Waals surface area contributed by atoms with Crippen LogP contribution < -0.4 is 5.32 Å². The quantitative estimate of drug-likeness (QED) is 0.411. The number of carbonyl (C=O) groups excluding carboxylic acids is 1. The molecule has 7 nitrogen and oxygen atoms in total. The zero-order chi connectivity index (χ0) is 23.7. The van der Waals surface area contributed by atoms with Gasteiger partial charge in [0, 0.05) is 30.3 Å². The molecule has 0 unspecified atom stereocenters. The van der Waals surface area contributed by atoms with Crippen LogP contribution >= 0.6 is 11.6 Å². The first-order valence-corrected chi connectivity index (χ1v) is 12.8. The predicted molar refractivity (Wildman–Crippen MR) is 133 cm³/mol. The lowest BCUT2D eigenvalue weighted by atomic mass is 9.97. The van der Waals surface area contributed by atoms with Crippen LogP contribution in [-0.4, -0.2) is 41.7 Å². The SMILES string of the molecule is O=C(Nc1ccc2nc(-c3ccccc3Cl)[nH]c2c1)C1CCN(S(=O)(=O)c2ccccc2)CC1. The van der Waals surface area contributed by atoms with Crippen molar-refractivity contribution in [2.45, 2.75) is 17.7 Å². The van der Waals surface area contributed by atoms with E-state index >= 15 is 0 Å². The number of nitrogens with one attached hydrogen (secondary N) is 2. The van der Waals surface area contributed by atoms with Crippen LogP contribution in [0.3, 0.4) is 0 Å². The maximum absolute atomic E-state index is 12.9. The Kier molecular flexibility index (Phi) is 6.12. The highest BCUT2D eigenvalue weighted by Crippen LogP contribution is 2.29. The van der Waals surface area contributed by atoms with Crippen molar-refractivity contribution in [2.75, 3.05) is 18.4 Å². The summed E-state index contributed by atoms with van der Waals surface area (Å²) in [5.41, 5.74) is 3.03. The minimum absolute atomic E-state index is 0.109. The summed E-state index contributed by atoms with van der Waals surface area (Å²) in [6.45, 7) is 0.631. The van der Waals surface area contributed by atoms with Crippen LogP contribution in [0, 0.1) is 5.92 Å². The van der Waals surface area contributed by atoms with Gasteiger partial charge in [-0.1, -0.05) is 41.9 Å². The summed E-state index contributed by atoms with van der Waals surface area (Å²) in [6, 6.07) is 21.4. The van der Waals surface area contributed by atoms with Gasteiger partial charge in [0.05, 0.1) is 21.0 Å². The van der Waals surface area contributed by atoms with Crippen molar-refractivity contribution in [3.05, 3.63) is 77.8 Å². The van der Waals surface area contributed by atoms with Crippen molar-refractivity contribution in [3.63, 3.8) is 0 Å². The van der Waals surface area contributed by atoms with E-state index in [9.17, 15) is 13.2 Å². The van der Waals surface area contributed by atoms with Crippen LogP contribution in [0.4, 0.5) is 5.69 Å². The van der Waals surface area contributed by atoms with Gasteiger partial charge in [-0.25, -0.2) is 13.4 Å². The number of nitrogens with zero attached hydrogens (tertiary/aromatic N) is 2. The van der Waals surface area contributed by atoms with Crippen molar-refractivity contribution in [3.8, 4) is 11.4 Å². The summed E-state index contributed by atoms with van der Waals surface area (Å²) in [6.07, 6.45) is 0.946. The minimum atomic E-state index is -3.54. The molecule has 0 bridgehead atoms. The van der Waals surface area contributed by atoms with Gasteiger partial charge < -0.3 is 10.3 Å². The summed E-state index contributed by atoms with van der Waals surface area (Å²) in [7, 11) is -3.54. The Hall–Kier alpha value is -3.20. The highest BCUT2D eigenvalue weighted by atomic mass is 35.5. The molecule has 1 aliphatic rings. The number of anilines is 1. The number of amides is 1. The molecule has 34 heavy (non-hydrogen) atoms. The van der Waals surface area contributed by atoms with Gasteiger partial charge in [-0.2, -0.15) is 4.31 Å².